The summed E-state index contributed by atoms with van der Waals surface area (Å²) in [6, 6.07) is 10.5. The largest absolute Gasteiger partial charge is 0.506 e. The van der Waals surface area contributed by atoms with Crippen molar-refractivity contribution in [1.29, 1.82) is 0 Å². The van der Waals surface area contributed by atoms with Gasteiger partial charge in [0.1, 0.15) is 17.1 Å². The maximum Gasteiger partial charge on any atom is 0.141 e. The van der Waals surface area contributed by atoms with Crippen molar-refractivity contribution < 1.29 is 5.11 Å². The van der Waals surface area contributed by atoms with Gasteiger partial charge in [0.2, 0.25) is 0 Å². The molecule has 0 spiro atoms. The number of benzene rings is 1. The van der Waals surface area contributed by atoms with Gasteiger partial charge in [-0.1, -0.05) is 31.4 Å². The molecule has 2 aromatic rings. The average Bonchev–Trinajstić information content (AvgIpc) is 2.63. The minimum atomic E-state index is 0.269. The molecule has 23 heavy (non-hydrogen) atoms. The van der Waals surface area contributed by atoms with Crippen LogP contribution in [0.5, 0.6) is 5.75 Å². The second-order valence-electron chi connectivity index (χ2n) is 6.83. The lowest BCUT2D eigenvalue weighted by atomic mass is 9.94. The van der Waals surface area contributed by atoms with E-state index in [1.165, 1.54) is 32.1 Å². The average molecular weight is 311 g/mol. The summed E-state index contributed by atoms with van der Waals surface area (Å²) in [6.45, 7) is 4.32. The predicted molar refractivity (Wildman–Crippen MR) is 94.1 cm³/mol. The van der Waals surface area contributed by atoms with Gasteiger partial charge in [-0.05, 0) is 31.0 Å². The van der Waals surface area contributed by atoms with Gasteiger partial charge in [-0.3, -0.25) is 4.90 Å². The Balaban J connectivity index is 1.46. The molecule has 1 N–H and O–H groups in total. The molecule has 0 atom stereocenters. The first-order valence-corrected chi connectivity index (χ1v) is 8.89. The molecule has 1 aliphatic carbocycles. The summed E-state index contributed by atoms with van der Waals surface area (Å²) >= 11 is 0. The Kier molecular flexibility index (Phi) is 4.08. The Morgan fingerprint density at radius 2 is 1.70 bits per heavy atom. The van der Waals surface area contributed by atoms with E-state index in [2.05, 4.69) is 21.9 Å². The third-order valence-corrected chi connectivity index (χ3v) is 5.41. The fraction of sp³-hybridized carbons (Fsp3) is 0.526. The number of pyridine rings is 1. The van der Waals surface area contributed by atoms with Crippen molar-refractivity contribution in [2.45, 2.75) is 38.1 Å². The molecule has 2 aliphatic rings. The Morgan fingerprint density at radius 3 is 2.48 bits per heavy atom. The van der Waals surface area contributed by atoms with Gasteiger partial charge in [-0.2, -0.15) is 0 Å². The van der Waals surface area contributed by atoms with Crippen LogP contribution in [0, 0.1) is 0 Å². The van der Waals surface area contributed by atoms with Crippen LogP contribution in [-0.2, 0) is 0 Å². The molecule has 2 fully saturated rings. The molecule has 4 heteroatoms. The van der Waals surface area contributed by atoms with Gasteiger partial charge in [0.15, 0.2) is 0 Å². The molecule has 122 valence electrons. The molecular formula is C19H25N3O. The van der Waals surface area contributed by atoms with Crippen molar-refractivity contribution in [1.82, 2.24) is 9.88 Å². The molecule has 0 bridgehead atoms. The number of aromatic nitrogens is 1. The molecule has 1 aromatic heterocycles. The number of rotatable bonds is 2. The molecule has 1 saturated heterocycles. The van der Waals surface area contributed by atoms with Crippen LogP contribution < -0.4 is 4.90 Å². The quantitative estimate of drug-likeness (QED) is 0.923. The van der Waals surface area contributed by atoms with Crippen molar-refractivity contribution in [3.63, 3.8) is 0 Å². The van der Waals surface area contributed by atoms with Gasteiger partial charge in [0.25, 0.3) is 0 Å². The molecule has 1 aliphatic heterocycles. The molecule has 0 unspecified atom stereocenters. The van der Waals surface area contributed by atoms with E-state index in [1.54, 1.807) is 6.07 Å². The minimum Gasteiger partial charge on any atom is -0.506 e. The monoisotopic (exact) mass is 311 g/mol. The van der Waals surface area contributed by atoms with Crippen LogP contribution in [0.25, 0.3) is 10.9 Å². The van der Waals surface area contributed by atoms with E-state index in [9.17, 15) is 5.11 Å². The molecule has 0 radical (unpaired) electrons. The van der Waals surface area contributed by atoms with E-state index in [0.717, 1.165) is 43.4 Å². The van der Waals surface area contributed by atoms with Gasteiger partial charge in [-0.15, -0.1) is 0 Å². The van der Waals surface area contributed by atoms with Crippen LogP contribution >= 0.6 is 0 Å². The molecule has 1 saturated carbocycles. The number of phenols is 1. The SMILES string of the molecule is Oc1cccc2ccc(N3CCN(C4CCCCC4)CC3)nc12. The number of phenolic OH excluding ortho intramolecular Hbond substituents is 1. The van der Waals surface area contributed by atoms with Crippen molar-refractivity contribution in [2.75, 3.05) is 31.1 Å². The topological polar surface area (TPSA) is 39.6 Å². The number of para-hydroxylation sites is 1. The summed E-state index contributed by atoms with van der Waals surface area (Å²) in [6.07, 6.45) is 6.97. The fourth-order valence-electron chi connectivity index (χ4n) is 4.06. The Labute approximate surface area is 137 Å². The lowest BCUT2D eigenvalue weighted by molar-refractivity contribution is 0.147. The first-order chi connectivity index (χ1) is 11.3. The maximum atomic E-state index is 10.0. The number of piperazine rings is 1. The van der Waals surface area contributed by atoms with E-state index in [1.807, 2.05) is 12.1 Å². The Hall–Kier alpha value is -1.81. The lowest BCUT2D eigenvalue weighted by Crippen LogP contribution is -2.51. The van der Waals surface area contributed by atoms with Crippen molar-refractivity contribution in [3.05, 3.63) is 30.3 Å². The first kappa shape index (κ1) is 14.8. The number of hydrogen-bond acceptors (Lipinski definition) is 4. The summed E-state index contributed by atoms with van der Waals surface area (Å²) < 4.78 is 0. The lowest BCUT2D eigenvalue weighted by Gasteiger charge is -2.41. The summed E-state index contributed by atoms with van der Waals surface area (Å²) in [5, 5.41) is 11.0. The van der Waals surface area contributed by atoms with Crippen LogP contribution in [0.15, 0.2) is 30.3 Å². The summed E-state index contributed by atoms with van der Waals surface area (Å²) in [4.78, 5) is 9.72. The molecule has 2 heterocycles. The molecule has 1 aromatic carbocycles. The maximum absolute atomic E-state index is 10.0. The van der Waals surface area contributed by atoms with Crippen LogP contribution in [0.4, 0.5) is 5.82 Å². The zero-order valence-corrected chi connectivity index (χ0v) is 13.6. The molecular weight excluding hydrogens is 286 g/mol. The number of anilines is 1. The van der Waals surface area contributed by atoms with Crippen LogP contribution in [-0.4, -0.2) is 47.2 Å². The van der Waals surface area contributed by atoms with Crippen LogP contribution in [0.3, 0.4) is 0 Å². The highest BCUT2D eigenvalue weighted by molar-refractivity contribution is 5.85. The van der Waals surface area contributed by atoms with Gasteiger partial charge >= 0.3 is 0 Å². The highest BCUT2D eigenvalue weighted by Gasteiger charge is 2.25. The summed E-state index contributed by atoms with van der Waals surface area (Å²) in [5.74, 6) is 1.26. The van der Waals surface area contributed by atoms with Gasteiger partial charge in [-0.25, -0.2) is 4.98 Å². The number of fused-ring (bicyclic) bond motifs is 1. The van der Waals surface area contributed by atoms with E-state index in [4.69, 9.17) is 4.98 Å². The van der Waals surface area contributed by atoms with Crippen LogP contribution in [0.2, 0.25) is 0 Å². The first-order valence-electron chi connectivity index (χ1n) is 8.89. The van der Waals surface area contributed by atoms with Gasteiger partial charge < -0.3 is 10.0 Å². The predicted octanol–water partition coefficient (Wildman–Crippen LogP) is 3.40. The zero-order chi connectivity index (χ0) is 15.6. The molecule has 4 rings (SSSR count). The second-order valence-corrected chi connectivity index (χ2v) is 6.83. The third-order valence-electron chi connectivity index (χ3n) is 5.41. The number of nitrogens with zero attached hydrogens (tertiary/aromatic N) is 3. The van der Waals surface area contributed by atoms with Crippen molar-refractivity contribution >= 4 is 16.7 Å². The highest BCUT2D eigenvalue weighted by atomic mass is 16.3. The second kappa shape index (κ2) is 6.36. The number of aromatic hydroxyl groups is 1. The highest BCUT2D eigenvalue weighted by Crippen LogP contribution is 2.27. The molecule has 0 amide bonds. The Bertz CT molecular complexity index is 673. The summed E-state index contributed by atoms with van der Waals surface area (Å²) in [7, 11) is 0. The van der Waals surface area contributed by atoms with E-state index in [0.29, 0.717) is 5.52 Å². The van der Waals surface area contributed by atoms with Crippen molar-refractivity contribution in [3.8, 4) is 5.75 Å². The molecule has 4 nitrogen and oxygen atoms in total. The van der Waals surface area contributed by atoms with Gasteiger partial charge in [0.05, 0.1) is 0 Å². The van der Waals surface area contributed by atoms with Gasteiger partial charge in [0, 0.05) is 37.6 Å². The normalized spacial score (nSPS) is 21.0. The van der Waals surface area contributed by atoms with E-state index < -0.39 is 0 Å². The zero-order valence-electron chi connectivity index (χ0n) is 13.6. The summed E-state index contributed by atoms with van der Waals surface area (Å²) in [5.41, 5.74) is 0.708. The Morgan fingerprint density at radius 1 is 0.913 bits per heavy atom. The number of hydrogen-bond donors (Lipinski definition) is 1. The smallest absolute Gasteiger partial charge is 0.141 e. The minimum absolute atomic E-state index is 0.269. The standard InChI is InChI=1S/C19H25N3O/c23-17-8-4-5-15-9-10-18(20-19(15)17)22-13-11-21(12-14-22)16-6-2-1-3-7-16/h4-5,8-10,16,23H,1-3,6-7,11-14H2. The van der Waals surface area contributed by atoms with Crippen molar-refractivity contribution in [2.24, 2.45) is 0 Å². The van der Waals surface area contributed by atoms with E-state index in [-0.39, 0.29) is 5.75 Å². The van der Waals surface area contributed by atoms with E-state index >= 15 is 0 Å². The third kappa shape index (κ3) is 3.00. The fourth-order valence-corrected chi connectivity index (χ4v) is 4.06. The van der Waals surface area contributed by atoms with Crippen LogP contribution in [0.1, 0.15) is 32.1 Å².